The molecular formula is C18H13Cl2N5O2S. The lowest BCUT2D eigenvalue weighted by Crippen LogP contribution is -2.20. The number of aromatic nitrogens is 2. The third-order valence-corrected chi connectivity index (χ3v) is 4.84. The van der Waals surface area contributed by atoms with E-state index in [0.717, 1.165) is 0 Å². The van der Waals surface area contributed by atoms with E-state index in [0.29, 0.717) is 21.0 Å². The van der Waals surface area contributed by atoms with E-state index < -0.39 is 17.6 Å². The van der Waals surface area contributed by atoms with Crippen LogP contribution in [0.4, 0.5) is 5.69 Å². The second-order valence-electron chi connectivity index (χ2n) is 5.68. The molecule has 0 aliphatic heterocycles. The van der Waals surface area contributed by atoms with Crippen LogP contribution in [0.25, 0.3) is 22.4 Å². The van der Waals surface area contributed by atoms with Gasteiger partial charge < -0.3 is 17.2 Å². The SMILES string of the molecule is [2H]c1c(-c2ccc(Cl)c(Cl)c2)c(N)cc(S)c1-c1cc(C(N)=O)nc(C(N)=O)n1. The van der Waals surface area contributed by atoms with Crippen LogP contribution < -0.4 is 17.2 Å². The minimum Gasteiger partial charge on any atom is -0.398 e. The number of amides is 2. The highest BCUT2D eigenvalue weighted by atomic mass is 35.5. The second kappa shape index (κ2) is 7.67. The van der Waals surface area contributed by atoms with E-state index in [1.165, 1.54) is 12.1 Å². The van der Waals surface area contributed by atoms with Crippen molar-refractivity contribution in [2.24, 2.45) is 11.5 Å². The molecule has 0 saturated heterocycles. The number of halogens is 2. The van der Waals surface area contributed by atoms with Crippen LogP contribution >= 0.6 is 35.8 Å². The highest BCUT2D eigenvalue weighted by Crippen LogP contribution is 2.37. The van der Waals surface area contributed by atoms with Crippen LogP contribution in [0, 0.1) is 0 Å². The fraction of sp³-hybridized carbons (Fsp3) is 0. The molecule has 0 radical (unpaired) electrons. The molecule has 6 N–H and O–H groups in total. The van der Waals surface area contributed by atoms with Gasteiger partial charge in [0.15, 0.2) is 0 Å². The molecule has 0 spiro atoms. The van der Waals surface area contributed by atoms with Crippen molar-refractivity contribution in [3.8, 4) is 22.4 Å². The highest BCUT2D eigenvalue weighted by Gasteiger charge is 2.17. The topological polar surface area (TPSA) is 138 Å². The Morgan fingerprint density at radius 2 is 1.71 bits per heavy atom. The maximum atomic E-state index is 11.6. The van der Waals surface area contributed by atoms with Crippen LogP contribution in [-0.2, 0) is 0 Å². The molecule has 0 aliphatic rings. The predicted octanol–water partition coefficient (Wildman–Crippen LogP) is 3.19. The summed E-state index contributed by atoms with van der Waals surface area (Å²) in [5, 5.41) is 0.632. The number of rotatable bonds is 4. The molecule has 28 heavy (non-hydrogen) atoms. The smallest absolute Gasteiger partial charge is 0.286 e. The molecule has 1 aromatic heterocycles. The molecule has 10 heteroatoms. The first-order chi connectivity index (χ1) is 13.6. The van der Waals surface area contributed by atoms with Gasteiger partial charge in [0.2, 0.25) is 5.82 Å². The maximum Gasteiger partial charge on any atom is 0.286 e. The number of primary amides is 2. The summed E-state index contributed by atoms with van der Waals surface area (Å²) < 4.78 is 8.69. The average Bonchev–Trinajstić information content (AvgIpc) is 2.63. The largest absolute Gasteiger partial charge is 0.398 e. The lowest BCUT2D eigenvalue weighted by molar-refractivity contribution is 0.0988. The van der Waals surface area contributed by atoms with Gasteiger partial charge in [-0.15, -0.1) is 12.6 Å². The zero-order valence-electron chi connectivity index (χ0n) is 15.0. The molecular weight excluding hydrogens is 421 g/mol. The Bertz CT molecular complexity index is 1160. The molecule has 0 saturated carbocycles. The number of anilines is 1. The molecule has 1 heterocycles. The van der Waals surface area contributed by atoms with E-state index in [9.17, 15) is 9.59 Å². The number of hydrogen-bond donors (Lipinski definition) is 4. The van der Waals surface area contributed by atoms with Gasteiger partial charge in [-0.2, -0.15) is 0 Å². The summed E-state index contributed by atoms with van der Waals surface area (Å²) in [5.74, 6) is -2.26. The van der Waals surface area contributed by atoms with Gasteiger partial charge >= 0.3 is 0 Å². The fourth-order valence-corrected chi connectivity index (χ4v) is 3.06. The van der Waals surface area contributed by atoms with Gasteiger partial charge in [0.05, 0.1) is 17.1 Å². The van der Waals surface area contributed by atoms with Crippen molar-refractivity contribution in [2.75, 3.05) is 5.73 Å². The molecule has 3 aromatic rings. The van der Waals surface area contributed by atoms with Crippen molar-refractivity contribution in [1.82, 2.24) is 9.97 Å². The maximum absolute atomic E-state index is 11.6. The summed E-state index contributed by atoms with van der Waals surface area (Å²) in [6.45, 7) is 0. The van der Waals surface area contributed by atoms with E-state index in [4.69, 9.17) is 41.8 Å². The Kier molecular flexibility index (Phi) is 5.08. The van der Waals surface area contributed by atoms with Crippen LogP contribution in [0.15, 0.2) is 41.3 Å². The number of hydrogen-bond acceptors (Lipinski definition) is 6. The lowest BCUT2D eigenvalue weighted by Gasteiger charge is -2.13. The van der Waals surface area contributed by atoms with Crippen molar-refractivity contribution < 1.29 is 11.0 Å². The zero-order valence-corrected chi connectivity index (χ0v) is 16.4. The number of nitrogen functional groups attached to an aromatic ring is 1. The van der Waals surface area contributed by atoms with Crippen molar-refractivity contribution in [1.29, 1.82) is 0 Å². The predicted molar refractivity (Wildman–Crippen MR) is 112 cm³/mol. The first kappa shape index (κ1) is 18.5. The summed E-state index contributed by atoms with van der Waals surface area (Å²) >= 11 is 16.4. The number of carbonyl (C=O) groups excluding carboxylic acids is 2. The van der Waals surface area contributed by atoms with Crippen LogP contribution in [0.1, 0.15) is 22.5 Å². The molecule has 0 bridgehead atoms. The third-order valence-electron chi connectivity index (χ3n) is 3.75. The average molecular weight is 435 g/mol. The molecule has 2 aromatic carbocycles. The Morgan fingerprint density at radius 3 is 2.32 bits per heavy atom. The van der Waals surface area contributed by atoms with Gasteiger partial charge in [0, 0.05) is 21.7 Å². The number of carbonyl (C=O) groups is 2. The van der Waals surface area contributed by atoms with Crippen molar-refractivity contribution in [2.45, 2.75) is 4.90 Å². The van der Waals surface area contributed by atoms with Crippen molar-refractivity contribution in [3.63, 3.8) is 0 Å². The van der Waals surface area contributed by atoms with Gasteiger partial charge in [-0.1, -0.05) is 29.3 Å². The quantitative estimate of drug-likeness (QED) is 0.368. The Hall–Kier alpha value is -2.81. The monoisotopic (exact) mass is 434 g/mol. The van der Waals surface area contributed by atoms with E-state index in [-0.39, 0.29) is 33.7 Å². The summed E-state index contributed by atoms with van der Waals surface area (Å²) in [7, 11) is 0. The minimum absolute atomic E-state index is 0.0575. The summed E-state index contributed by atoms with van der Waals surface area (Å²) in [4.78, 5) is 31.3. The molecule has 2 amide bonds. The summed E-state index contributed by atoms with van der Waals surface area (Å²) in [5.41, 5.74) is 17.8. The summed E-state index contributed by atoms with van der Waals surface area (Å²) in [6, 6.07) is 7.51. The third kappa shape index (κ3) is 3.89. The second-order valence-corrected chi connectivity index (χ2v) is 6.98. The van der Waals surface area contributed by atoms with Crippen LogP contribution in [0.2, 0.25) is 10.0 Å². The Labute approximate surface area is 176 Å². The first-order valence-electron chi connectivity index (χ1n) is 8.16. The van der Waals surface area contributed by atoms with Crippen LogP contribution in [0.3, 0.4) is 0 Å². The molecule has 7 nitrogen and oxygen atoms in total. The van der Waals surface area contributed by atoms with Crippen molar-refractivity contribution in [3.05, 3.63) is 57.9 Å². The first-order valence-corrected chi connectivity index (χ1v) is 8.87. The van der Waals surface area contributed by atoms with Crippen LogP contribution in [0.5, 0.6) is 0 Å². The van der Waals surface area contributed by atoms with Gasteiger partial charge in [0.25, 0.3) is 11.8 Å². The molecule has 0 fully saturated rings. The van der Waals surface area contributed by atoms with Crippen molar-refractivity contribution >= 4 is 53.3 Å². The van der Waals surface area contributed by atoms with Gasteiger partial charge in [0.1, 0.15) is 5.69 Å². The minimum atomic E-state index is -0.957. The van der Waals surface area contributed by atoms with Gasteiger partial charge in [-0.05, 0) is 35.9 Å². The number of benzene rings is 2. The lowest BCUT2D eigenvalue weighted by atomic mass is 9.99. The van der Waals surface area contributed by atoms with E-state index >= 15 is 0 Å². The standard InChI is InChI=1S/C18H13Cl2N5O2S/c19-10-2-1-7(3-11(10)20)8-4-9(15(28)5-12(8)21)13-6-14(16(22)26)25-18(24-13)17(23)27/h1-6,28H,21H2,(H2,22,26)(H2,23,27)/i4D. The van der Waals surface area contributed by atoms with E-state index in [1.54, 1.807) is 18.2 Å². The molecule has 0 unspecified atom stereocenters. The fourth-order valence-electron chi connectivity index (χ4n) is 2.45. The summed E-state index contributed by atoms with van der Waals surface area (Å²) in [6.07, 6.45) is 0. The molecule has 0 aliphatic carbocycles. The van der Waals surface area contributed by atoms with Crippen LogP contribution in [-0.4, -0.2) is 21.8 Å². The molecule has 0 atom stereocenters. The number of thiol groups is 1. The number of nitrogens with zero attached hydrogens (tertiary/aromatic N) is 2. The highest BCUT2D eigenvalue weighted by molar-refractivity contribution is 7.80. The Balaban J connectivity index is 2.33. The normalized spacial score (nSPS) is 11.2. The van der Waals surface area contributed by atoms with E-state index in [1.807, 2.05) is 0 Å². The Morgan fingerprint density at radius 1 is 1.00 bits per heavy atom. The van der Waals surface area contributed by atoms with Gasteiger partial charge in [-0.25, -0.2) is 9.97 Å². The molecule has 142 valence electrons. The molecule has 3 rings (SSSR count). The number of nitrogens with two attached hydrogens (primary N) is 3. The van der Waals surface area contributed by atoms with E-state index in [2.05, 4.69) is 22.6 Å². The van der Waals surface area contributed by atoms with Gasteiger partial charge in [-0.3, -0.25) is 9.59 Å². The zero-order chi connectivity index (χ0) is 21.5.